The maximum absolute atomic E-state index is 12.7. The Kier molecular flexibility index (Phi) is 6.17. The van der Waals surface area contributed by atoms with Crippen LogP contribution in [-0.2, 0) is 0 Å². The highest BCUT2D eigenvalue weighted by Crippen LogP contribution is 2.45. The molecule has 1 amide bonds. The predicted octanol–water partition coefficient (Wildman–Crippen LogP) is 1.32. The van der Waals surface area contributed by atoms with Gasteiger partial charge in [0.1, 0.15) is 12.1 Å². The molecule has 0 bridgehead atoms. The first-order valence-corrected chi connectivity index (χ1v) is 11.7. The smallest absolute Gasteiger partial charge is 0.322 e. The molecular weight excluding hydrogens is 450 g/mol. The molecule has 12 heteroatoms. The highest BCUT2D eigenvalue weighted by Gasteiger charge is 2.44. The van der Waals surface area contributed by atoms with E-state index in [0.717, 1.165) is 42.4 Å². The number of aliphatic hydroxyl groups is 1. The molecule has 2 aliphatic rings. The zero-order valence-corrected chi connectivity index (χ0v) is 19.4. The Hall–Kier alpha value is -3.85. The van der Waals surface area contributed by atoms with E-state index in [1.165, 1.54) is 0 Å². The number of fused-ring (bicyclic) bond motifs is 1. The Labute approximate surface area is 201 Å². The Morgan fingerprint density at radius 1 is 1.31 bits per heavy atom. The second-order valence-corrected chi connectivity index (χ2v) is 9.24. The minimum Gasteiger partial charge on any atom is -0.462 e. The zero-order valence-electron chi connectivity index (χ0n) is 19.4. The van der Waals surface area contributed by atoms with Crippen LogP contribution in [0.15, 0.2) is 18.6 Å². The van der Waals surface area contributed by atoms with Crippen LogP contribution in [0.1, 0.15) is 54.7 Å². The van der Waals surface area contributed by atoms with Crippen molar-refractivity contribution < 1.29 is 14.6 Å². The molecule has 5 rings (SSSR count). The third-order valence-electron chi connectivity index (χ3n) is 6.58. The number of anilines is 1. The standard InChI is InChI=1S/C23H27N9O3/c1-14(11-33)28-20(34)19-29-21(31-22(30-19)35-13-23(12-24)4-5-23)32-8-2-15(3-9-32)16-10-27-18-17(16)25-6-7-26-18/h6-7,10,14-15,33H,2-5,8-9,11,13H2,1H3,(H,26,27)(H,28,34). The van der Waals surface area contributed by atoms with E-state index in [4.69, 9.17) is 4.74 Å². The average Bonchev–Trinajstić information content (AvgIpc) is 3.56. The molecule has 0 spiro atoms. The molecule has 3 N–H and O–H groups in total. The van der Waals surface area contributed by atoms with Gasteiger partial charge in [-0.1, -0.05) is 0 Å². The third-order valence-corrected chi connectivity index (χ3v) is 6.58. The largest absolute Gasteiger partial charge is 0.462 e. The molecule has 3 aromatic heterocycles. The Balaban J connectivity index is 1.34. The number of carbonyl (C=O) groups excluding carboxylic acids is 1. The van der Waals surface area contributed by atoms with Gasteiger partial charge in [-0.25, -0.2) is 4.98 Å². The van der Waals surface area contributed by atoms with Crippen LogP contribution in [-0.4, -0.2) is 73.3 Å². The van der Waals surface area contributed by atoms with E-state index < -0.39 is 17.4 Å². The summed E-state index contributed by atoms with van der Waals surface area (Å²) in [5.41, 5.74) is 2.32. The summed E-state index contributed by atoms with van der Waals surface area (Å²) in [5.74, 6) is 0.0680. The molecule has 0 radical (unpaired) electrons. The van der Waals surface area contributed by atoms with Crippen molar-refractivity contribution in [2.24, 2.45) is 5.41 Å². The van der Waals surface area contributed by atoms with Crippen LogP contribution in [0, 0.1) is 16.7 Å². The molecule has 1 saturated heterocycles. The number of rotatable bonds is 8. The molecule has 35 heavy (non-hydrogen) atoms. The van der Waals surface area contributed by atoms with E-state index in [1.807, 2.05) is 11.1 Å². The first kappa shape index (κ1) is 22.9. The lowest BCUT2D eigenvalue weighted by molar-refractivity contribution is 0.0909. The molecule has 4 heterocycles. The lowest BCUT2D eigenvalue weighted by Crippen LogP contribution is -2.38. The first-order chi connectivity index (χ1) is 17.0. The number of piperidine rings is 1. The van der Waals surface area contributed by atoms with Gasteiger partial charge in [-0.2, -0.15) is 20.2 Å². The predicted molar refractivity (Wildman–Crippen MR) is 125 cm³/mol. The van der Waals surface area contributed by atoms with E-state index in [-0.39, 0.29) is 25.0 Å². The average molecular weight is 478 g/mol. The molecule has 3 aromatic rings. The normalized spacial score (nSPS) is 18.1. The SMILES string of the molecule is CC(CO)NC(=O)c1nc(OCC2(C#N)CC2)nc(N2CCC(c3c[nH]c4nccnc34)CC2)n1. The Morgan fingerprint density at radius 3 is 2.80 bits per heavy atom. The van der Waals surface area contributed by atoms with Crippen LogP contribution in [0.2, 0.25) is 0 Å². The maximum atomic E-state index is 12.7. The lowest BCUT2D eigenvalue weighted by Gasteiger charge is -2.32. The van der Waals surface area contributed by atoms with Gasteiger partial charge in [-0.05, 0) is 38.5 Å². The minimum absolute atomic E-state index is 0.0207. The van der Waals surface area contributed by atoms with Crippen molar-refractivity contribution in [2.45, 2.75) is 44.6 Å². The van der Waals surface area contributed by atoms with Crippen molar-refractivity contribution in [3.63, 3.8) is 0 Å². The van der Waals surface area contributed by atoms with Crippen LogP contribution in [0.4, 0.5) is 5.95 Å². The summed E-state index contributed by atoms with van der Waals surface area (Å²) in [5, 5.41) is 21.3. The monoisotopic (exact) mass is 477 g/mol. The first-order valence-electron chi connectivity index (χ1n) is 11.7. The summed E-state index contributed by atoms with van der Waals surface area (Å²) < 4.78 is 5.75. The molecule has 1 unspecified atom stereocenters. The van der Waals surface area contributed by atoms with Gasteiger partial charge in [0.2, 0.25) is 11.8 Å². The maximum Gasteiger partial charge on any atom is 0.322 e. The Bertz CT molecular complexity index is 1260. The number of amides is 1. The highest BCUT2D eigenvalue weighted by molar-refractivity contribution is 5.91. The van der Waals surface area contributed by atoms with Crippen molar-refractivity contribution in [3.05, 3.63) is 30.0 Å². The van der Waals surface area contributed by atoms with Gasteiger partial charge in [-0.3, -0.25) is 9.78 Å². The van der Waals surface area contributed by atoms with Gasteiger partial charge >= 0.3 is 6.01 Å². The van der Waals surface area contributed by atoms with Crippen molar-refractivity contribution in [1.82, 2.24) is 35.2 Å². The van der Waals surface area contributed by atoms with Crippen molar-refractivity contribution in [1.29, 1.82) is 5.26 Å². The number of aromatic nitrogens is 6. The quantitative estimate of drug-likeness (QED) is 0.430. The van der Waals surface area contributed by atoms with Gasteiger partial charge < -0.3 is 25.0 Å². The number of hydrogen-bond acceptors (Lipinski definition) is 10. The topological polar surface area (TPSA) is 166 Å². The molecule has 1 aliphatic heterocycles. The highest BCUT2D eigenvalue weighted by atomic mass is 16.5. The number of aromatic amines is 1. The van der Waals surface area contributed by atoms with Gasteiger partial charge in [0.05, 0.1) is 18.1 Å². The van der Waals surface area contributed by atoms with E-state index in [9.17, 15) is 15.2 Å². The second kappa shape index (κ2) is 9.42. The Morgan fingerprint density at radius 2 is 2.09 bits per heavy atom. The second-order valence-electron chi connectivity index (χ2n) is 9.24. The molecule has 1 atom stereocenters. The molecule has 1 aliphatic carbocycles. The fourth-order valence-corrected chi connectivity index (χ4v) is 4.20. The van der Waals surface area contributed by atoms with Crippen LogP contribution in [0.5, 0.6) is 6.01 Å². The number of nitriles is 1. The summed E-state index contributed by atoms with van der Waals surface area (Å²) in [7, 11) is 0. The van der Waals surface area contributed by atoms with Crippen molar-refractivity contribution in [3.8, 4) is 12.1 Å². The number of nitrogens with one attached hydrogen (secondary N) is 2. The molecule has 0 aromatic carbocycles. The molecular formula is C23H27N9O3. The summed E-state index contributed by atoms with van der Waals surface area (Å²) in [6, 6.07) is 1.85. The fourth-order valence-electron chi connectivity index (χ4n) is 4.20. The van der Waals surface area contributed by atoms with E-state index in [0.29, 0.717) is 25.0 Å². The minimum atomic E-state index is -0.520. The molecule has 182 valence electrons. The van der Waals surface area contributed by atoms with Gasteiger partial charge in [-0.15, -0.1) is 0 Å². The number of nitrogens with zero attached hydrogens (tertiary/aromatic N) is 7. The van der Waals surface area contributed by atoms with E-state index in [2.05, 4.69) is 41.3 Å². The molecule has 2 fully saturated rings. The molecule has 1 saturated carbocycles. The fraction of sp³-hybridized carbons (Fsp3) is 0.522. The summed E-state index contributed by atoms with van der Waals surface area (Å²) in [6.45, 7) is 3.00. The summed E-state index contributed by atoms with van der Waals surface area (Å²) >= 11 is 0. The number of H-pyrrole nitrogens is 1. The summed E-state index contributed by atoms with van der Waals surface area (Å²) in [4.78, 5) is 39.7. The summed E-state index contributed by atoms with van der Waals surface area (Å²) in [6.07, 6.45) is 8.60. The number of hydrogen-bond donors (Lipinski definition) is 3. The van der Waals surface area contributed by atoms with Gasteiger partial charge in [0, 0.05) is 43.3 Å². The van der Waals surface area contributed by atoms with Crippen molar-refractivity contribution in [2.75, 3.05) is 31.2 Å². The van der Waals surface area contributed by atoms with Crippen LogP contribution in [0.25, 0.3) is 11.2 Å². The van der Waals surface area contributed by atoms with Crippen LogP contribution >= 0.6 is 0 Å². The number of ether oxygens (including phenoxy) is 1. The third kappa shape index (κ3) is 4.85. The molecule has 12 nitrogen and oxygen atoms in total. The van der Waals surface area contributed by atoms with Crippen LogP contribution < -0.4 is 15.0 Å². The number of carbonyl (C=O) groups is 1. The van der Waals surface area contributed by atoms with Gasteiger partial charge in [0.25, 0.3) is 5.91 Å². The number of aliphatic hydroxyl groups excluding tert-OH is 1. The van der Waals surface area contributed by atoms with E-state index >= 15 is 0 Å². The van der Waals surface area contributed by atoms with Gasteiger partial charge in [0.15, 0.2) is 5.65 Å². The lowest BCUT2D eigenvalue weighted by atomic mass is 9.91. The van der Waals surface area contributed by atoms with Crippen molar-refractivity contribution >= 4 is 23.0 Å². The van der Waals surface area contributed by atoms with Crippen LogP contribution in [0.3, 0.4) is 0 Å². The van der Waals surface area contributed by atoms with E-state index in [1.54, 1.807) is 19.3 Å². The zero-order chi connectivity index (χ0) is 24.4.